The summed E-state index contributed by atoms with van der Waals surface area (Å²) in [5.41, 5.74) is 7.19. The molecule has 4 nitrogen and oxygen atoms in total. The van der Waals surface area contributed by atoms with Crippen LogP contribution in [0.2, 0.25) is 0 Å². The van der Waals surface area contributed by atoms with Gasteiger partial charge < -0.3 is 21.3 Å². The second kappa shape index (κ2) is 8.45. The van der Waals surface area contributed by atoms with Gasteiger partial charge in [-0.2, -0.15) is 13.2 Å². The molecule has 0 radical (unpaired) electrons. The zero-order valence-electron chi connectivity index (χ0n) is 16.1. The lowest BCUT2D eigenvalue weighted by atomic mass is 9.97. The van der Waals surface area contributed by atoms with Crippen molar-refractivity contribution < 1.29 is 13.2 Å². The lowest BCUT2D eigenvalue weighted by molar-refractivity contribution is -0.137. The van der Waals surface area contributed by atoms with Crippen LogP contribution in [0.3, 0.4) is 0 Å². The highest BCUT2D eigenvalue weighted by molar-refractivity contribution is 7.99. The van der Waals surface area contributed by atoms with Gasteiger partial charge in [0.15, 0.2) is 0 Å². The first-order valence-corrected chi connectivity index (χ1v) is 10.7. The van der Waals surface area contributed by atoms with E-state index in [1.807, 2.05) is 24.3 Å². The lowest BCUT2D eigenvalue weighted by Gasteiger charge is -2.33. The molecule has 8 heteroatoms. The number of piperidine rings is 1. The molecule has 4 N–H and O–H groups in total. The number of likely N-dealkylation sites (tertiary alicyclic amines) is 1. The maximum atomic E-state index is 13.5. The molecule has 0 aliphatic carbocycles. The SMILES string of the molecule is NCCN1CCCC(CNc2cc(C(F)(F)F)cc3c2Nc2ccccc2S3)C1. The Morgan fingerprint density at radius 2 is 2.03 bits per heavy atom. The largest absolute Gasteiger partial charge is 0.416 e. The zero-order valence-corrected chi connectivity index (χ0v) is 16.9. The van der Waals surface area contributed by atoms with E-state index in [0.717, 1.165) is 48.7 Å². The molecule has 0 spiro atoms. The number of fused-ring (bicyclic) bond motifs is 2. The van der Waals surface area contributed by atoms with Crippen molar-refractivity contribution in [2.45, 2.75) is 28.8 Å². The molecule has 2 aromatic carbocycles. The van der Waals surface area contributed by atoms with Gasteiger partial charge in [-0.1, -0.05) is 23.9 Å². The highest BCUT2D eigenvalue weighted by Crippen LogP contribution is 2.49. The number of nitrogens with one attached hydrogen (secondary N) is 2. The summed E-state index contributed by atoms with van der Waals surface area (Å²) in [6.07, 6.45) is -2.22. The molecule has 2 aliphatic heterocycles. The summed E-state index contributed by atoms with van der Waals surface area (Å²) in [7, 11) is 0. The fourth-order valence-electron chi connectivity index (χ4n) is 4.00. The number of hydrogen-bond acceptors (Lipinski definition) is 5. The van der Waals surface area contributed by atoms with Crippen molar-refractivity contribution in [2.75, 3.05) is 43.4 Å². The quantitative estimate of drug-likeness (QED) is 0.541. The summed E-state index contributed by atoms with van der Waals surface area (Å²) in [5.74, 6) is 0.393. The second-order valence-corrected chi connectivity index (χ2v) is 8.68. The Hall–Kier alpha value is -1.90. The minimum Gasteiger partial charge on any atom is -0.383 e. The molecule has 156 valence electrons. The standard InChI is InChI=1S/C21H25F3N4S/c22-21(23,24)15-10-17(26-12-14-4-3-8-28(13-14)9-7-25)20-19(11-15)29-18-6-2-1-5-16(18)27-20/h1-2,5-6,10-11,14,26-27H,3-4,7-9,12-13,25H2. The summed E-state index contributed by atoms with van der Waals surface area (Å²) in [4.78, 5) is 3.85. The number of rotatable bonds is 5. The van der Waals surface area contributed by atoms with Gasteiger partial charge in [0.2, 0.25) is 0 Å². The predicted octanol–water partition coefficient (Wildman–Crippen LogP) is 5.00. The van der Waals surface area contributed by atoms with Crippen molar-refractivity contribution in [3.8, 4) is 0 Å². The highest BCUT2D eigenvalue weighted by Gasteiger charge is 2.33. The molecule has 2 aliphatic rings. The van der Waals surface area contributed by atoms with E-state index >= 15 is 0 Å². The van der Waals surface area contributed by atoms with Crippen molar-refractivity contribution in [2.24, 2.45) is 11.7 Å². The van der Waals surface area contributed by atoms with Crippen LogP contribution in [0, 0.1) is 5.92 Å². The number of hydrogen-bond donors (Lipinski definition) is 3. The summed E-state index contributed by atoms with van der Waals surface area (Å²) in [5, 5.41) is 6.64. The minimum atomic E-state index is -4.38. The van der Waals surface area contributed by atoms with Crippen molar-refractivity contribution in [3.63, 3.8) is 0 Å². The van der Waals surface area contributed by atoms with Crippen molar-refractivity contribution >= 4 is 28.8 Å². The molecule has 29 heavy (non-hydrogen) atoms. The molecule has 0 amide bonds. The highest BCUT2D eigenvalue weighted by atomic mass is 32.2. The molecule has 2 heterocycles. The molecular weight excluding hydrogens is 397 g/mol. The third-order valence-electron chi connectivity index (χ3n) is 5.43. The van der Waals surface area contributed by atoms with Gasteiger partial charge in [-0.05, 0) is 49.6 Å². The predicted molar refractivity (Wildman–Crippen MR) is 112 cm³/mol. The average molecular weight is 423 g/mol. The normalized spacial score (nSPS) is 19.2. The van der Waals surface area contributed by atoms with E-state index in [1.54, 1.807) is 0 Å². The first-order valence-electron chi connectivity index (χ1n) is 9.89. The van der Waals surface area contributed by atoms with E-state index in [2.05, 4.69) is 15.5 Å². The molecule has 1 unspecified atom stereocenters. The maximum Gasteiger partial charge on any atom is 0.416 e. The molecule has 2 aromatic rings. The van der Waals surface area contributed by atoms with Gasteiger partial charge >= 0.3 is 6.18 Å². The maximum absolute atomic E-state index is 13.5. The fraction of sp³-hybridized carbons (Fsp3) is 0.429. The topological polar surface area (TPSA) is 53.3 Å². The molecule has 1 atom stereocenters. The first-order chi connectivity index (χ1) is 13.9. The summed E-state index contributed by atoms with van der Waals surface area (Å²) >= 11 is 1.37. The molecule has 1 saturated heterocycles. The van der Waals surface area contributed by atoms with Gasteiger partial charge in [0.05, 0.1) is 22.6 Å². The van der Waals surface area contributed by atoms with Crippen LogP contribution >= 0.6 is 11.8 Å². The molecular formula is C21H25F3N4S. The van der Waals surface area contributed by atoms with Crippen LogP contribution < -0.4 is 16.4 Å². The minimum absolute atomic E-state index is 0.393. The Kier molecular flexibility index (Phi) is 5.94. The van der Waals surface area contributed by atoms with Crippen molar-refractivity contribution in [3.05, 3.63) is 42.0 Å². The molecule has 1 fully saturated rings. The molecule has 0 aromatic heterocycles. The van der Waals surface area contributed by atoms with E-state index in [9.17, 15) is 13.2 Å². The van der Waals surface area contributed by atoms with E-state index in [1.165, 1.54) is 23.9 Å². The summed E-state index contributed by atoms with van der Waals surface area (Å²) in [6.45, 7) is 4.10. The van der Waals surface area contributed by atoms with Gasteiger partial charge in [0.25, 0.3) is 0 Å². The number of nitrogens with zero attached hydrogens (tertiary/aromatic N) is 1. The van der Waals surface area contributed by atoms with E-state index in [4.69, 9.17) is 5.73 Å². The number of nitrogens with two attached hydrogens (primary N) is 1. The fourth-order valence-corrected chi connectivity index (χ4v) is 5.06. The zero-order chi connectivity index (χ0) is 20.4. The number of benzene rings is 2. The lowest BCUT2D eigenvalue weighted by Crippen LogP contribution is -2.40. The van der Waals surface area contributed by atoms with Gasteiger partial charge in [0.1, 0.15) is 0 Å². The number of alkyl halides is 3. The van der Waals surface area contributed by atoms with Crippen LogP contribution in [0.4, 0.5) is 30.2 Å². The van der Waals surface area contributed by atoms with Gasteiger partial charge in [-0.25, -0.2) is 0 Å². The number of para-hydroxylation sites is 1. The smallest absolute Gasteiger partial charge is 0.383 e. The van der Waals surface area contributed by atoms with Crippen molar-refractivity contribution in [1.29, 1.82) is 0 Å². The Balaban J connectivity index is 1.57. The number of halogens is 3. The Bertz CT molecular complexity index is 869. The Labute approximate surface area is 173 Å². The molecule has 0 bridgehead atoms. The third-order valence-corrected chi connectivity index (χ3v) is 6.54. The molecule has 0 saturated carbocycles. The van der Waals surface area contributed by atoms with Crippen LogP contribution in [0.25, 0.3) is 0 Å². The Morgan fingerprint density at radius 3 is 2.83 bits per heavy atom. The van der Waals surface area contributed by atoms with Crippen LogP contribution in [0.5, 0.6) is 0 Å². The molecule has 4 rings (SSSR count). The summed E-state index contributed by atoms with van der Waals surface area (Å²) in [6, 6.07) is 10.1. The third kappa shape index (κ3) is 4.65. The monoisotopic (exact) mass is 422 g/mol. The van der Waals surface area contributed by atoms with Crippen LogP contribution in [0.15, 0.2) is 46.2 Å². The van der Waals surface area contributed by atoms with Gasteiger partial charge in [0, 0.05) is 36.0 Å². The first kappa shape index (κ1) is 20.4. The average Bonchev–Trinajstić information content (AvgIpc) is 2.70. The van der Waals surface area contributed by atoms with Gasteiger partial charge in [-0.3, -0.25) is 0 Å². The summed E-state index contributed by atoms with van der Waals surface area (Å²) < 4.78 is 40.5. The van der Waals surface area contributed by atoms with E-state index in [0.29, 0.717) is 29.6 Å². The van der Waals surface area contributed by atoms with E-state index < -0.39 is 11.7 Å². The van der Waals surface area contributed by atoms with Gasteiger partial charge in [-0.15, -0.1) is 0 Å². The Morgan fingerprint density at radius 1 is 1.21 bits per heavy atom. The second-order valence-electron chi connectivity index (χ2n) is 7.60. The van der Waals surface area contributed by atoms with Crippen molar-refractivity contribution in [1.82, 2.24) is 4.90 Å². The van der Waals surface area contributed by atoms with E-state index in [-0.39, 0.29) is 0 Å². The van der Waals surface area contributed by atoms with Crippen LogP contribution in [-0.2, 0) is 6.18 Å². The van der Waals surface area contributed by atoms with Crippen LogP contribution in [-0.4, -0.2) is 37.6 Å². The van der Waals surface area contributed by atoms with Crippen LogP contribution in [0.1, 0.15) is 18.4 Å². The number of anilines is 3.